The second kappa shape index (κ2) is 8.80. The second-order valence-electron chi connectivity index (χ2n) is 6.85. The number of carbonyl (C=O) groups is 1. The summed E-state index contributed by atoms with van der Waals surface area (Å²) in [7, 11) is 5.08. The number of rotatable bonds is 6. The van der Waals surface area contributed by atoms with Crippen LogP contribution in [0.2, 0.25) is 0 Å². The molecule has 0 spiro atoms. The van der Waals surface area contributed by atoms with Crippen LogP contribution in [0.5, 0.6) is 23.0 Å². The zero-order valence-corrected chi connectivity index (χ0v) is 16.2. The first-order valence-electron chi connectivity index (χ1n) is 9.39. The highest BCUT2D eigenvalue weighted by Crippen LogP contribution is 2.33. The summed E-state index contributed by atoms with van der Waals surface area (Å²) in [6.45, 7) is 0. The van der Waals surface area contributed by atoms with Crippen LogP contribution in [-0.2, 0) is 0 Å². The van der Waals surface area contributed by atoms with Crippen LogP contribution in [0.4, 0.5) is 0 Å². The number of para-hydroxylation sites is 1. The molecule has 1 aliphatic carbocycles. The van der Waals surface area contributed by atoms with Crippen molar-refractivity contribution >= 4 is 5.91 Å². The molecule has 1 amide bonds. The van der Waals surface area contributed by atoms with Gasteiger partial charge in [0, 0.05) is 31.3 Å². The van der Waals surface area contributed by atoms with Crippen LogP contribution in [0.15, 0.2) is 42.5 Å². The number of hydrogen-bond donors (Lipinski definition) is 0. The maximum absolute atomic E-state index is 13.1. The van der Waals surface area contributed by atoms with Crippen LogP contribution in [-0.4, -0.2) is 38.1 Å². The normalized spacial score (nSPS) is 14.5. The number of nitrogens with zero attached hydrogens (tertiary/aromatic N) is 1. The van der Waals surface area contributed by atoms with Crippen LogP contribution in [0, 0.1) is 0 Å². The summed E-state index contributed by atoms with van der Waals surface area (Å²) >= 11 is 0. The van der Waals surface area contributed by atoms with E-state index in [0.29, 0.717) is 34.6 Å². The minimum atomic E-state index is -0.00707. The zero-order chi connectivity index (χ0) is 19.2. The molecule has 5 nitrogen and oxygen atoms in total. The first-order chi connectivity index (χ1) is 13.1. The van der Waals surface area contributed by atoms with E-state index >= 15 is 0 Å². The molecule has 1 saturated carbocycles. The van der Waals surface area contributed by atoms with E-state index in [1.165, 1.54) is 19.3 Å². The Kier molecular flexibility index (Phi) is 6.22. The van der Waals surface area contributed by atoms with Crippen molar-refractivity contribution in [2.45, 2.75) is 38.1 Å². The number of ether oxygens (including phenoxy) is 3. The molecular formula is C22H27NO4. The Labute approximate surface area is 160 Å². The van der Waals surface area contributed by atoms with E-state index in [0.717, 1.165) is 12.8 Å². The van der Waals surface area contributed by atoms with Gasteiger partial charge >= 0.3 is 0 Å². The average molecular weight is 369 g/mol. The largest absolute Gasteiger partial charge is 0.496 e. The maximum Gasteiger partial charge on any atom is 0.257 e. The SMILES string of the molecule is COc1cc(OC)cc(Oc2ccccc2C(=O)N(C)C2CCCCC2)c1. The lowest BCUT2D eigenvalue weighted by Gasteiger charge is -2.31. The Balaban J connectivity index is 1.84. The smallest absolute Gasteiger partial charge is 0.257 e. The first kappa shape index (κ1) is 19.1. The zero-order valence-electron chi connectivity index (χ0n) is 16.2. The van der Waals surface area contributed by atoms with Crippen LogP contribution >= 0.6 is 0 Å². The Bertz CT molecular complexity index is 761. The molecule has 0 bridgehead atoms. The highest BCUT2D eigenvalue weighted by molar-refractivity contribution is 5.97. The van der Waals surface area contributed by atoms with Crippen molar-refractivity contribution < 1.29 is 19.0 Å². The Morgan fingerprint density at radius 2 is 1.52 bits per heavy atom. The standard InChI is InChI=1S/C22H27NO4/c1-23(16-9-5-4-6-10-16)22(24)20-11-7-8-12-21(20)27-19-14-17(25-2)13-18(15-19)26-3/h7-8,11-16H,4-6,9-10H2,1-3H3. The van der Waals surface area contributed by atoms with Crippen LogP contribution in [0.1, 0.15) is 42.5 Å². The number of hydrogen-bond acceptors (Lipinski definition) is 4. The topological polar surface area (TPSA) is 48.0 Å². The average Bonchev–Trinajstić information content (AvgIpc) is 2.73. The first-order valence-corrected chi connectivity index (χ1v) is 9.39. The highest BCUT2D eigenvalue weighted by Gasteiger charge is 2.25. The summed E-state index contributed by atoms with van der Waals surface area (Å²) in [4.78, 5) is 15.0. The third-order valence-electron chi connectivity index (χ3n) is 5.11. The second-order valence-corrected chi connectivity index (χ2v) is 6.85. The minimum absolute atomic E-state index is 0.00707. The minimum Gasteiger partial charge on any atom is -0.496 e. The fourth-order valence-corrected chi connectivity index (χ4v) is 3.52. The molecule has 2 aromatic carbocycles. The molecule has 1 aliphatic rings. The molecular weight excluding hydrogens is 342 g/mol. The molecule has 0 N–H and O–H groups in total. The lowest BCUT2D eigenvalue weighted by Crippen LogP contribution is -2.38. The third-order valence-corrected chi connectivity index (χ3v) is 5.11. The third kappa shape index (κ3) is 4.54. The van der Waals surface area contributed by atoms with E-state index in [1.54, 1.807) is 32.4 Å². The van der Waals surface area contributed by atoms with E-state index < -0.39 is 0 Å². The van der Waals surface area contributed by atoms with E-state index in [2.05, 4.69) is 0 Å². The molecule has 0 radical (unpaired) electrons. The molecule has 27 heavy (non-hydrogen) atoms. The van der Waals surface area contributed by atoms with Crippen molar-refractivity contribution in [1.29, 1.82) is 0 Å². The van der Waals surface area contributed by atoms with E-state index in [-0.39, 0.29) is 5.91 Å². The van der Waals surface area contributed by atoms with Gasteiger partial charge in [0.1, 0.15) is 23.0 Å². The van der Waals surface area contributed by atoms with Gasteiger partial charge in [-0.05, 0) is 25.0 Å². The van der Waals surface area contributed by atoms with Gasteiger partial charge in [0.2, 0.25) is 0 Å². The van der Waals surface area contributed by atoms with Gasteiger partial charge in [0.05, 0.1) is 19.8 Å². The Hall–Kier alpha value is -2.69. The molecule has 5 heteroatoms. The van der Waals surface area contributed by atoms with Crippen LogP contribution in [0.25, 0.3) is 0 Å². The summed E-state index contributed by atoms with van der Waals surface area (Å²) in [5, 5.41) is 0. The number of amides is 1. The number of carbonyl (C=O) groups excluding carboxylic acids is 1. The van der Waals surface area contributed by atoms with Crippen LogP contribution < -0.4 is 14.2 Å². The van der Waals surface area contributed by atoms with E-state index in [9.17, 15) is 4.79 Å². The summed E-state index contributed by atoms with van der Waals surface area (Å²) in [6.07, 6.45) is 5.76. The molecule has 0 heterocycles. The maximum atomic E-state index is 13.1. The fraction of sp³-hybridized carbons (Fsp3) is 0.409. The van der Waals surface area contributed by atoms with Crippen molar-refractivity contribution in [3.63, 3.8) is 0 Å². The highest BCUT2D eigenvalue weighted by atomic mass is 16.5. The van der Waals surface area contributed by atoms with Crippen molar-refractivity contribution in [2.75, 3.05) is 21.3 Å². The van der Waals surface area contributed by atoms with E-state index in [4.69, 9.17) is 14.2 Å². The molecule has 0 aromatic heterocycles. The van der Waals surface area contributed by atoms with Crippen molar-refractivity contribution in [2.24, 2.45) is 0 Å². The van der Waals surface area contributed by atoms with Crippen LogP contribution in [0.3, 0.4) is 0 Å². The molecule has 1 fully saturated rings. The Morgan fingerprint density at radius 1 is 0.926 bits per heavy atom. The molecule has 144 valence electrons. The predicted octanol–water partition coefficient (Wildman–Crippen LogP) is 4.90. The van der Waals surface area contributed by atoms with Gasteiger partial charge < -0.3 is 19.1 Å². The molecule has 0 saturated heterocycles. The summed E-state index contributed by atoms with van der Waals surface area (Å²) < 4.78 is 16.6. The summed E-state index contributed by atoms with van der Waals surface area (Å²) in [6, 6.07) is 13.0. The van der Waals surface area contributed by atoms with Gasteiger partial charge in [0.25, 0.3) is 5.91 Å². The fourth-order valence-electron chi connectivity index (χ4n) is 3.52. The molecule has 2 aromatic rings. The molecule has 3 rings (SSSR count). The number of methoxy groups -OCH3 is 2. The van der Waals surface area contributed by atoms with Gasteiger partial charge in [0.15, 0.2) is 0 Å². The molecule has 0 aliphatic heterocycles. The predicted molar refractivity (Wildman–Crippen MR) is 105 cm³/mol. The quantitative estimate of drug-likeness (QED) is 0.726. The molecule has 0 unspecified atom stereocenters. The van der Waals surface area contributed by atoms with Gasteiger partial charge in [-0.15, -0.1) is 0 Å². The monoisotopic (exact) mass is 369 g/mol. The van der Waals surface area contributed by atoms with Crippen molar-refractivity contribution in [3.8, 4) is 23.0 Å². The lowest BCUT2D eigenvalue weighted by molar-refractivity contribution is 0.0693. The summed E-state index contributed by atoms with van der Waals surface area (Å²) in [5.74, 6) is 2.35. The van der Waals surface area contributed by atoms with Crippen molar-refractivity contribution in [1.82, 2.24) is 4.90 Å². The number of benzene rings is 2. The summed E-state index contributed by atoms with van der Waals surface area (Å²) in [5.41, 5.74) is 0.562. The van der Waals surface area contributed by atoms with Crippen molar-refractivity contribution in [3.05, 3.63) is 48.0 Å². The molecule has 0 atom stereocenters. The van der Waals surface area contributed by atoms with E-state index in [1.807, 2.05) is 36.2 Å². The van der Waals surface area contributed by atoms with Gasteiger partial charge in [-0.3, -0.25) is 4.79 Å². The van der Waals surface area contributed by atoms with Gasteiger partial charge in [-0.25, -0.2) is 0 Å². The van der Waals surface area contributed by atoms with Gasteiger partial charge in [-0.1, -0.05) is 31.4 Å². The lowest BCUT2D eigenvalue weighted by atomic mass is 9.94. The Morgan fingerprint density at radius 3 is 2.15 bits per heavy atom. The van der Waals surface area contributed by atoms with Gasteiger partial charge in [-0.2, -0.15) is 0 Å².